The summed E-state index contributed by atoms with van der Waals surface area (Å²) in [7, 11) is 6.62. The fourth-order valence-electron chi connectivity index (χ4n) is 2.71. The van der Waals surface area contributed by atoms with Crippen molar-refractivity contribution in [3.8, 4) is 28.6 Å². The van der Waals surface area contributed by atoms with E-state index in [1.807, 2.05) is 41.9 Å². The molecule has 3 rings (SSSR count). The van der Waals surface area contributed by atoms with E-state index in [-0.39, 0.29) is 0 Å². The van der Waals surface area contributed by atoms with E-state index in [1.165, 1.54) is 11.8 Å². The highest BCUT2D eigenvalue weighted by molar-refractivity contribution is 7.98. The molecular weight excluding hydrogens is 421 g/mol. The molecule has 0 aliphatic carbocycles. The summed E-state index contributed by atoms with van der Waals surface area (Å²) in [5.41, 5.74) is 1.67. The maximum atomic E-state index is 6.25. The van der Waals surface area contributed by atoms with Crippen LogP contribution >= 0.6 is 35.0 Å². The Morgan fingerprint density at radius 1 is 0.964 bits per heavy atom. The summed E-state index contributed by atoms with van der Waals surface area (Å²) in [6, 6.07) is 9.14. The van der Waals surface area contributed by atoms with Crippen molar-refractivity contribution in [1.29, 1.82) is 0 Å². The van der Waals surface area contributed by atoms with Crippen LogP contribution in [0, 0.1) is 0 Å². The Labute approximate surface area is 177 Å². The van der Waals surface area contributed by atoms with Gasteiger partial charge in [-0.1, -0.05) is 41.0 Å². The Kier molecular flexibility index (Phi) is 6.59. The van der Waals surface area contributed by atoms with Gasteiger partial charge in [-0.2, -0.15) is 0 Å². The van der Waals surface area contributed by atoms with Gasteiger partial charge in [0.1, 0.15) is 0 Å². The Morgan fingerprint density at radius 3 is 2.11 bits per heavy atom. The van der Waals surface area contributed by atoms with Crippen LogP contribution < -0.4 is 14.2 Å². The number of halogens is 2. The Hall–Kier alpha value is -2.09. The van der Waals surface area contributed by atoms with Gasteiger partial charge in [0, 0.05) is 28.4 Å². The molecule has 0 saturated heterocycles. The quantitative estimate of drug-likeness (QED) is 0.476. The first kappa shape index (κ1) is 20.6. The van der Waals surface area contributed by atoms with Crippen molar-refractivity contribution in [3.05, 3.63) is 45.9 Å². The third kappa shape index (κ3) is 4.01. The molecule has 1 heterocycles. The summed E-state index contributed by atoms with van der Waals surface area (Å²) < 4.78 is 18.1. The molecular formula is C19H19Cl2N3O3S. The predicted octanol–water partition coefficient (Wildman–Crippen LogP) is 5.11. The topological polar surface area (TPSA) is 58.4 Å². The average Bonchev–Trinajstić information content (AvgIpc) is 3.06. The molecule has 6 nitrogen and oxygen atoms in total. The smallest absolute Gasteiger partial charge is 0.203 e. The number of thioether (sulfide) groups is 1. The summed E-state index contributed by atoms with van der Waals surface area (Å²) in [5, 5.41) is 10.6. The first-order valence-electron chi connectivity index (χ1n) is 8.25. The van der Waals surface area contributed by atoms with Gasteiger partial charge >= 0.3 is 0 Å². The van der Waals surface area contributed by atoms with E-state index in [0.29, 0.717) is 38.9 Å². The molecule has 0 fully saturated rings. The molecule has 28 heavy (non-hydrogen) atoms. The normalized spacial score (nSPS) is 10.8. The van der Waals surface area contributed by atoms with Crippen molar-refractivity contribution in [2.75, 3.05) is 21.3 Å². The van der Waals surface area contributed by atoms with Crippen molar-refractivity contribution in [2.24, 2.45) is 7.05 Å². The van der Waals surface area contributed by atoms with E-state index in [2.05, 4.69) is 10.2 Å². The second kappa shape index (κ2) is 8.94. The number of rotatable bonds is 7. The van der Waals surface area contributed by atoms with Gasteiger partial charge in [-0.3, -0.25) is 0 Å². The van der Waals surface area contributed by atoms with Gasteiger partial charge in [0.15, 0.2) is 22.5 Å². The second-order valence-electron chi connectivity index (χ2n) is 5.77. The third-order valence-corrected chi connectivity index (χ3v) is 5.92. The Morgan fingerprint density at radius 2 is 1.57 bits per heavy atom. The molecule has 2 aromatic carbocycles. The summed E-state index contributed by atoms with van der Waals surface area (Å²) in [6.45, 7) is 0. The minimum absolute atomic E-state index is 0.527. The molecule has 0 aliphatic heterocycles. The molecule has 148 valence electrons. The molecule has 0 unspecified atom stereocenters. The van der Waals surface area contributed by atoms with Crippen LogP contribution in [0.15, 0.2) is 35.5 Å². The number of ether oxygens (including phenoxy) is 3. The molecule has 0 aliphatic rings. The van der Waals surface area contributed by atoms with E-state index in [1.54, 1.807) is 21.3 Å². The predicted molar refractivity (Wildman–Crippen MR) is 112 cm³/mol. The molecule has 0 spiro atoms. The highest BCUT2D eigenvalue weighted by Gasteiger charge is 2.18. The van der Waals surface area contributed by atoms with Crippen LogP contribution in [-0.2, 0) is 12.8 Å². The molecule has 3 aromatic rings. The molecule has 9 heteroatoms. The monoisotopic (exact) mass is 439 g/mol. The molecule has 0 N–H and O–H groups in total. The summed E-state index contributed by atoms with van der Waals surface area (Å²) in [5.74, 6) is 2.89. The Bertz CT molecular complexity index is 949. The van der Waals surface area contributed by atoms with Gasteiger partial charge in [-0.05, 0) is 29.8 Å². The van der Waals surface area contributed by atoms with Gasteiger partial charge < -0.3 is 18.8 Å². The lowest BCUT2D eigenvalue weighted by atomic mass is 10.1. The maximum absolute atomic E-state index is 6.25. The fourth-order valence-corrected chi connectivity index (χ4v) is 4.36. The zero-order valence-corrected chi connectivity index (χ0v) is 18.2. The van der Waals surface area contributed by atoms with Gasteiger partial charge in [-0.25, -0.2) is 0 Å². The highest BCUT2D eigenvalue weighted by Crippen LogP contribution is 2.41. The highest BCUT2D eigenvalue weighted by atomic mass is 35.5. The standard InChI is InChI=1S/C19H19Cl2N3O3S/c1-24-18(11-8-15(25-2)17(27-4)16(9-11)26-3)22-23-19(24)28-10-12-13(20)6-5-7-14(12)21/h5-9H,10H2,1-4H3. The molecule has 0 bridgehead atoms. The van der Waals surface area contributed by atoms with Crippen molar-refractivity contribution in [1.82, 2.24) is 14.8 Å². The lowest BCUT2D eigenvalue weighted by Crippen LogP contribution is -1.99. The van der Waals surface area contributed by atoms with Crippen LogP contribution in [0.2, 0.25) is 10.0 Å². The lowest BCUT2D eigenvalue weighted by Gasteiger charge is -2.14. The van der Waals surface area contributed by atoms with Gasteiger partial charge in [-0.15, -0.1) is 10.2 Å². The van der Waals surface area contributed by atoms with Crippen LogP contribution in [-0.4, -0.2) is 36.1 Å². The van der Waals surface area contributed by atoms with Crippen LogP contribution in [0.25, 0.3) is 11.4 Å². The van der Waals surface area contributed by atoms with Crippen molar-refractivity contribution in [2.45, 2.75) is 10.9 Å². The van der Waals surface area contributed by atoms with E-state index in [4.69, 9.17) is 37.4 Å². The summed E-state index contributed by atoms with van der Waals surface area (Å²) in [6.07, 6.45) is 0. The summed E-state index contributed by atoms with van der Waals surface area (Å²) in [4.78, 5) is 0. The van der Waals surface area contributed by atoms with Gasteiger partial charge in [0.25, 0.3) is 0 Å². The van der Waals surface area contributed by atoms with Crippen LogP contribution in [0.1, 0.15) is 5.56 Å². The fraction of sp³-hybridized carbons (Fsp3) is 0.263. The van der Waals surface area contributed by atoms with Crippen molar-refractivity contribution in [3.63, 3.8) is 0 Å². The summed E-state index contributed by atoms with van der Waals surface area (Å²) >= 11 is 14.0. The molecule has 0 atom stereocenters. The largest absolute Gasteiger partial charge is 0.493 e. The minimum atomic E-state index is 0.527. The number of aromatic nitrogens is 3. The van der Waals surface area contributed by atoms with Gasteiger partial charge in [0.2, 0.25) is 5.75 Å². The SMILES string of the molecule is COc1cc(-c2nnc(SCc3c(Cl)cccc3Cl)n2C)cc(OC)c1OC. The van der Waals surface area contributed by atoms with Crippen molar-refractivity contribution >= 4 is 35.0 Å². The van der Waals surface area contributed by atoms with E-state index in [0.717, 1.165) is 16.3 Å². The number of hydrogen-bond donors (Lipinski definition) is 0. The van der Waals surface area contributed by atoms with Crippen molar-refractivity contribution < 1.29 is 14.2 Å². The zero-order valence-electron chi connectivity index (χ0n) is 15.8. The first-order chi connectivity index (χ1) is 13.5. The average molecular weight is 440 g/mol. The molecule has 0 saturated carbocycles. The first-order valence-corrected chi connectivity index (χ1v) is 9.99. The number of nitrogens with zero attached hydrogens (tertiary/aromatic N) is 3. The Balaban J connectivity index is 1.91. The lowest BCUT2D eigenvalue weighted by molar-refractivity contribution is 0.324. The number of methoxy groups -OCH3 is 3. The molecule has 0 radical (unpaired) electrons. The van der Waals surface area contributed by atoms with E-state index >= 15 is 0 Å². The second-order valence-corrected chi connectivity index (χ2v) is 7.52. The molecule has 1 aromatic heterocycles. The van der Waals surface area contributed by atoms with Crippen LogP contribution in [0.5, 0.6) is 17.2 Å². The zero-order chi connectivity index (χ0) is 20.3. The van der Waals surface area contributed by atoms with Crippen LogP contribution in [0.3, 0.4) is 0 Å². The van der Waals surface area contributed by atoms with E-state index < -0.39 is 0 Å². The van der Waals surface area contributed by atoms with Gasteiger partial charge in [0.05, 0.1) is 21.3 Å². The third-order valence-electron chi connectivity index (χ3n) is 4.17. The molecule has 0 amide bonds. The number of benzene rings is 2. The van der Waals surface area contributed by atoms with Crippen LogP contribution in [0.4, 0.5) is 0 Å². The van der Waals surface area contributed by atoms with E-state index in [9.17, 15) is 0 Å². The minimum Gasteiger partial charge on any atom is -0.493 e. The number of hydrogen-bond acceptors (Lipinski definition) is 6. The maximum Gasteiger partial charge on any atom is 0.203 e.